The highest BCUT2D eigenvalue weighted by Gasteiger charge is 2.23. The summed E-state index contributed by atoms with van der Waals surface area (Å²) in [5.74, 6) is -1.08. The molecular weight excluding hydrogens is 346 g/mol. The van der Waals surface area contributed by atoms with E-state index in [9.17, 15) is 9.90 Å². The third-order valence-electron chi connectivity index (χ3n) is 4.28. The molecule has 0 saturated heterocycles. The van der Waals surface area contributed by atoms with Crippen LogP contribution in [0.2, 0.25) is 0 Å². The minimum atomic E-state index is -1.08. The number of carboxylic acids is 1. The number of pyridine rings is 1. The van der Waals surface area contributed by atoms with Crippen LogP contribution in [0.5, 0.6) is 0 Å². The second-order valence-electron chi connectivity index (χ2n) is 6.18. The minimum absolute atomic E-state index is 0.00960. The Morgan fingerprint density at radius 2 is 1.38 bits per heavy atom. The number of aryl methyl sites for hydroxylation is 2. The molecule has 6 heteroatoms. The average Bonchev–Trinajstić information content (AvgIpc) is 3.11. The first-order valence-electron chi connectivity index (χ1n) is 8.08. The quantitative estimate of drug-likeness (QED) is 0.570. The monoisotopic (exact) mass is 361 g/mol. The largest absolute Gasteiger partial charge is 0.476 e. The molecule has 0 fully saturated rings. The standard InChI is InChI=1S/C20H15N3O2S/c1-11-3-7-13(8-4-11)15-17-19(23-26-22-17)16(21-18(15)20(24)25)14-9-5-12(2)6-10-14/h3-10H,1-2H3,(H,24,25). The number of aromatic nitrogens is 3. The first kappa shape index (κ1) is 16.4. The number of carboxylic acid groups (broad SMARTS) is 1. The fourth-order valence-corrected chi connectivity index (χ4v) is 3.46. The molecule has 26 heavy (non-hydrogen) atoms. The highest BCUT2D eigenvalue weighted by Crippen LogP contribution is 2.35. The van der Waals surface area contributed by atoms with Crippen LogP contribution >= 0.6 is 11.7 Å². The first-order valence-corrected chi connectivity index (χ1v) is 8.81. The minimum Gasteiger partial charge on any atom is -0.476 e. The van der Waals surface area contributed by atoms with Crippen molar-refractivity contribution in [3.05, 3.63) is 65.4 Å². The lowest BCUT2D eigenvalue weighted by Gasteiger charge is -2.10. The molecule has 0 aliphatic carbocycles. The van der Waals surface area contributed by atoms with Crippen LogP contribution in [0, 0.1) is 13.8 Å². The Bertz CT molecular complexity index is 1120. The molecule has 0 saturated carbocycles. The normalized spacial score (nSPS) is 11.0. The van der Waals surface area contributed by atoms with Crippen molar-refractivity contribution < 1.29 is 9.90 Å². The van der Waals surface area contributed by atoms with Crippen molar-refractivity contribution in [3.63, 3.8) is 0 Å². The zero-order valence-corrected chi connectivity index (χ0v) is 15.0. The zero-order chi connectivity index (χ0) is 18.3. The summed E-state index contributed by atoms with van der Waals surface area (Å²) < 4.78 is 8.79. The maximum Gasteiger partial charge on any atom is 0.355 e. The Kier molecular flexibility index (Phi) is 3.97. The van der Waals surface area contributed by atoms with E-state index in [1.54, 1.807) is 0 Å². The summed E-state index contributed by atoms with van der Waals surface area (Å²) in [6, 6.07) is 15.5. The molecule has 0 amide bonds. The molecule has 2 aromatic heterocycles. The van der Waals surface area contributed by atoms with E-state index in [1.807, 2.05) is 62.4 Å². The fourth-order valence-electron chi connectivity index (χ4n) is 2.90. The molecule has 128 valence electrons. The molecule has 4 rings (SSSR count). The average molecular weight is 361 g/mol. The lowest BCUT2D eigenvalue weighted by molar-refractivity contribution is 0.0691. The van der Waals surface area contributed by atoms with Gasteiger partial charge in [0.05, 0.1) is 11.7 Å². The number of carbonyl (C=O) groups is 1. The zero-order valence-electron chi connectivity index (χ0n) is 14.2. The van der Waals surface area contributed by atoms with E-state index in [0.717, 1.165) is 34.0 Å². The summed E-state index contributed by atoms with van der Waals surface area (Å²) in [5.41, 5.74) is 6.06. The van der Waals surface area contributed by atoms with Crippen LogP contribution < -0.4 is 0 Å². The summed E-state index contributed by atoms with van der Waals surface area (Å²) in [4.78, 5) is 16.4. The maximum absolute atomic E-state index is 12.0. The van der Waals surface area contributed by atoms with Gasteiger partial charge in [0.1, 0.15) is 16.7 Å². The van der Waals surface area contributed by atoms with Crippen LogP contribution in [-0.4, -0.2) is 24.8 Å². The van der Waals surface area contributed by atoms with E-state index in [-0.39, 0.29) is 5.69 Å². The van der Waals surface area contributed by atoms with Crippen molar-refractivity contribution in [1.82, 2.24) is 13.7 Å². The van der Waals surface area contributed by atoms with Crippen molar-refractivity contribution in [2.45, 2.75) is 13.8 Å². The number of nitrogens with zero attached hydrogens (tertiary/aromatic N) is 3. The topological polar surface area (TPSA) is 76.0 Å². The number of rotatable bonds is 3. The maximum atomic E-state index is 12.0. The van der Waals surface area contributed by atoms with Crippen LogP contribution in [-0.2, 0) is 0 Å². The second kappa shape index (κ2) is 6.31. The van der Waals surface area contributed by atoms with Crippen molar-refractivity contribution in [2.24, 2.45) is 0 Å². The molecule has 0 atom stereocenters. The van der Waals surface area contributed by atoms with Gasteiger partial charge in [0.15, 0.2) is 5.69 Å². The van der Waals surface area contributed by atoms with E-state index in [1.165, 1.54) is 0 Å². The van der Waals surface area contributed by atoms with Gasteiger partial charge in [0.2, 0.25) is 0 Å². The third kappa shape index (κ3) is 2.74. The van der Waals surface area contributed by atoms with Gasteiger partial charge in [-0.2, -0.15) is 8.75 Å². The molecule has 2 aromatic carbocycles. The Morgan fingerprint density at radius 3 is 1.96 bits per heavy atom. The summed E-state index contributed by atoms with van der Waals surface area (Å²) in [6.45, 7) is 3.99. The summed E-state index contributed by atoms with van der Waals surface area (Å²) in [5, 5.41) is 9.79. The Morgan fingerprint density at radius 1 is 0.846 bits per heavy atom. The first-order chi connectivity index (χ1) is 12.5. The molecule has 2 heterocycles. The van der Waals surface area contributed by atoms with Crippen molar-refractivity contribution in [3.8, 4) is 22.4 Å². The van der Waals surface area contributed by atoms with E-state index in [0.29, 0.717) is 22.3 Å². The number of fused-ring (bicyclic) bond motifs is 1. The molecule has 0 radical (unpaired) electrons. The van der Waals surface area contributed by atoms with E-state index in [2.05, 4.69) is 13.7 Å². The molecular formula is C20H15N3O2S. The summed E-state index contributed by atoms with van der Waals surface area (Å²) in [6.07, 6.45) is 0. The molecule has 0 spiro atoms. The van der Waals surface area contributed by atoms with Gasteiger partial charge in [-0.15, -0.1) is 0 Å². The highest BCUT2D eigenvalue weighted by atomic mass is 32.1. The molecule has 5 nitrogen and oxygen atoms in total. The van der Waals surface area contributed by atoms with Gasteiger partial charge in [-0.05, 0) is 19.4 Å². The summed E-state index contributed by atoms with van der Waals surface area (Å²) >= 11 is 1.06. The predicted octanol–water partition coefficient (Wildman–Crippen LogP) is 4.74. The number of hydrogen-bond acceptors (Lipinski definition) is 5. The predicted molar refractivity (Wildman–Crippen MR) is 103 cm³/mol. The van der Waals surface area contributed by atoms with E-state index >= 15 is 0 Å². The van der Waals surface area contributed by atoms with Crippen LogP contribution in [0.15, 0.2) is 48.5 Å². The molecule has 0 bridgehead atoms. The lowest BCUT2D eigenvalue weighted by Crippen LogP contribution is -2.06. The van der Waals surface area contributed by atoms with Crippen LogP contribution in [0.4, 0.5) is 0 Å². The van der Waals surface area contributed by atoms with Gasteiger partial charge in [-0.1, -0.05) is 59.7 Å². The van der Waals surface area contributed by atoms with Crippen LogP contribution in [0.3, 0.4) is 0 Å². The molecule has 4 aromatic rings. The van der Waals surface area contributed by atoms with Gasteiger partial charge < -0.3 is 5.11 Å². The number of benzene rings is 2. The second-order valence-corrected chi connectivity index (χ2v) is 6.71. The molecule has 0 unspecified atom stereocenters. The summed E-state index contributed by atoms with van der Waals surface area (Å²) in [7, 11) is 0. The van der Waals surface area contributed by atoms with Crippen molar-refractivity contribution in [1.29, 1.82) is 0 Å². The number of aromatic carboxylic acids is 1. The van der Waals surface area contributed by atoms with Gasteiger partial charge in [0.25, 0.3) is 0 Å². The Hall–Kier alpha value is -3.12. The Labute approximate surface area is 154 Å². The highest BCUT2D eigenvalue weighted by molar-refractivity contribution is 7.00. The Balaban J connectivity index is 2.05. The molecule has 0 aliphatic heterocycles. The lowest BCUT2D eigenvalue weighted by atomic mass is 9.98. The van der Waals surface area contributed by atoms with Gasteiger partial charge in [0, 0.05) is 11.1 Å². The fraction of sp³-hybridized carbons (Fsp3) is 0.100. The molecule has 1 N–H and O–H groups in total. The van der Waals surface area contributed by atoms with Crippen molar-refractivity contribution >= 4 is 28.7 Å². The van der Waals surface area contributed by atoms with Crippen molar-refractivity contribution in [2.75, 3.05) is 0 Å². The SMILES string of the molecule is Cc1ccc(-c2nc(C(=O)O)c(-c3ccc(C)cc3)c3nsnc23)cc1. The van der Waals surface area contributed by atoms with Gasteiger partial charge in [-0.3, -0.25) is 0 Å². The van der Waals surface area contributed by atoms with Crippen LogP contribution in [0.25, 0.3) is 33.4 Å². The van der Waals surface area contributed by atoms with Gasteiger partial charge >= 0.3 is 5.97 Å². The van der Waals surface area contributed by atoms with E-state index in [4.69, 9.17) is 0 Å². The van der Waals surface area contributed by atoms with Crippen LogP contribution in [0.1, 0.15) is 21.6 Å². The third-order valence-corrected chi connectivity index (χ3v) is 4.81. The van der Waals surface area contributed by atoms with Gasteiger partial charge in [-0.25, -0.2) is 9.78 Å². The number of hydrogen-bond donors (Lipinski definition) is 1. The molecule has 0 aliphatic rings. The van der Waals surface area contributed by atoms with E-state index < -0.39 is 5.97 Å². The smallest absolute Gasteiger partial charge is 0.355 e.